The van der Waals surface area contributed by atoms with Gasteiger partial charge in [0.15, 0.2) is 0 Å². The van der Waals surface area contributed by atoms with E-state index in [0.29, 0.717) is 11.7 Å². The van der Waals surface area contributed by atoms with E-state index >= 15 is 0 Å². The summed E-state index contributed by atoms with van der Waals surface area (Å²) in [6, 6.07) is 17.8. The van der Waals surface area contributed by atoms with Crippen molar-refractivity contribution in [1.29, 1.82) is 0 Å². The van der Waals surface area contributed by atoms with Gasteiger partial charge in [-0.05, 0) is 42.5 Å². The number of hydrogen-bond donors (Lipinski definition) is 0. The predicted octanol–water partition coefficient (Wildman–Crippen LogP) is 6.13. The molecule has 0 radical (unpaired) electrons. The summed E-state index contributed by atoms with van der Waals surface area (Å²) in [6.45, 7) is 4.32. The molecule has 0 N–H and O–H groups in total. The monoisotopic (exact) mass is 342 g/mol. The second-order valence-electron chi connectivity index (χ2n) is 7.01. The van der Waals surface area contributed by atoms with E-state index in [1.807, 2.05) is 48.5 Å². The summed E-state index contributed by atoms with van der Waals surface area (Å²) in [4.78, 5) is 0. The van der Waals surface area contributed by atoms with Crippen molar-refractivity contribution in [3.8, 4) is 5.75 Å². The highest BCUT2D eigenvalue weighted by Gasteiger charge is 2.39. The van der Waals surface area contributed by atoms with E-state index in [9.17, 15) is 4.57 Å². The zero-order valence-corrected chi connectivity index (χ0v) is 15.5. The number of para-hydroxylation sites is 1. The minimum Gasteiger partial charge on any atom is -0.440 e. The molecule has 2 aromatic carbocycles. The van der Waals surface area contributed by atoms with Gasteiger partial charge in [0.1, 0.15) is 5.75 Å². The van der Waals surface area contributed by atoms with Gasteiger partial charge in [-0.25, -0.2) is 0 Å². The van der Waals surface area contributed by atoms with E-state index in [1.54, 1.807) is 0 Å². The lowest BCUT2D eigenvalue weighted by molar-refractivity contribution is 0.434. The summed E-state index contributed by atoms with van der Waals surface area (Å²) in [5, 5.41) is 0.927. The lowest BCUT2D eigenvalue weighted by Crippen LogP contribution is -2.26. The van der Waals surface area contributed by atoms with Gasteiger partial charge in [0.25, 0.3) is 7.37 Å². The van der Waals surface area contributed by atoms with Crippen LogP contribution in [0.15, 0.2) is 54.6 Å². The number of hydrogen-bond acceptors (Lipinski definition) is 2. The third-order valence-corrected chi connectivity index (χ3v) is 7.97. The lowest BCUT2D eigenvalue weighted by Gasteiger charge is -2.32. The Hall–Kier alpha value is -1.53. The highest BCUT2D eigenvalue weighted by Crippen LogP contribution is 2.56. The topological polar surface area (TPSA) is 26.3 Å². The van der Waals surface area contributed by atoms with Gasteiger partial charge < -0.3 is 4.52 Å². The molecule has 0 spiro atoms. The summed E-state index contributed by atoms with van der Waals surface area (Å²) in [6.07, 6.45) is 5.54. The van der Waals surface area contributed by atoms with E-state index in [-0.39, 0.29) is 5.66 Å². The van der Waals surface area contributed by atoms with Gasteiger partial charge in [-0.2, -0.15) is 0 Å². The Bertz CT molecular complexity index is 703. The van der Waals surface area contributed by atoms with Crippen molar-refractivity contribution in [2.45, 2.75) is 57.5 Å². The Morgan fingerprint density at radius 3 is 2.21 bits per heavy atom. The van der Waals surface area contributed by atoms with Crippen LogP contribution in [0.1, 0.15) is 57.4 Å². The highest BCUT2D eigenvalue weighted by atomic mass is 31.2. The molecule has 0 amide bonds. The Balaban J connectivity index is 2.06. The maximum atomic E-state index is 14.2. The van der Waals surface area contributed by atoms with E-state index < -0.39 is 7.37 Å². The van der Waals surface area contributed by atoms with Gasteiger partial charge in [-0.15, -0.1) is 0 Å². The van der Waals surface area contributed by atoms with Crippen LogP contribution in [0, 0.1) is 0 Å². The molecule has 0 heterocycles. The first-order chi connectivity index (χ1) is 11.6. The molecule has 128 valence electrons. The van der Waals surface area contributed by atoms with Gasteiger partial charge in [0.05, 0.1) is 11.0 Å². The Kier molecular flexibility index (Phi) is 5.46. The van der Waals surface area contributed by atoms with Crippen molar-refractivity contribution in [2.75, 3.05) is 0 Å². The fourth-order valence-electron chi connectivity index (χ4n) is 3.64. The zero-order chi connectivity index (χ0) is 17.0. The summed E-state index contributed by atoms with van der Waals surface area (Å²) in [5.41, 5.74) is 1.29. The van der Waals surface area contributed by atoms with Crippen molar-refractivity contribution < 1.29 is 9.09 Å². The molecule has 0 bridgehead atoms. The van der Waals surface area contributed by atoms with Crippen LogP contribution >= 0.6 is 7.37 Å². The second-order valence-corrected chi connectivity index (χ2v) is 9.60. The molecule has 24 heavy (non-hydrogen) atoms. The lowest BCUT2D eigenvalue weighted by atomic mass is 10.0. The molecule has 1 unspecified atom stereocenters. The maximum Gasteiger partial charge on any atom is 0.280 e. The zero-order valence-electron chi connectivity index (χ0n) is 14.7. The van der Waals surface area contributed by atoms with Crippen molar-refractivity contribution in [3.63, 3.8) is 0 Å². The van der Waals surface area contributed by atoms with Gasteiger partial charge >= 0.3 is 0 Å². The molecule has 1 aliphatic carbocycles. The van der Waals surface area contributed by atoms with E-state index in [4.69, 9.17) is 4.52 Å². The van der Waals surface area contributed by atoms with Crippen LogP contribution in [0.4, 0.5) is 0 Å². The van der Waals surface area contributed by atoms with Crippen LogP contribution in [0.2, 0.25) is 0 Å². The van der Waals surface area contributed by atoms with Crippen LogP contribution in [0.3, 0.4) is 0 Å². The van der Waals surface area contributed by atoms with Gasteiger partial charge in [-0.3, -0.25) is 4.57 Å². The number of rotatable bonds is 5. The molecule has 2 aromatic rings. The molecule has 1 aliphatic rings. The molecule has 0 saturated heterocycles. The minimum absolute atomic E-state index is 0.131. The van der Waals surface area contributed by atoms with Crippen molar-refractivity contribution in [3.05, 3.63) is 60.2 Å². The summed E-state index contributed by atoms with van der Waals surface area (Å²) in [5.74, 6) is 1.04. The van der Waals surface area contributed by atoms with Crippen LogP contribution in [0.5, 0.6) is 5.75 Å². The van der Waals surface area contributed by atoms with Crippen LogP contribution in [0.25, 0.3) is 0 Å². The van der Waals surface area contributed by atoms with Gasteiger partial charge in [0, 0.05) is 0 Å². The van der Waals surface area contributed by atoms with Gasteiger partial charge in [-0.1, -0.05) is 69.5 Å². The third kappa shape index (κ3) is 3.59. The standard InChI is InChI=1S/C21H27O2P/c1-17(2)20-15-9-10-16-21(20)24(22,19-13-7-4-8-14-19)23-18-11-5-3-6-12-18/h3,5-6,9-12,15-17,19H,4,7-8,13-14H2,1-2H3. The highest BCUT2D eigenvalue weighted by molar-refractivity contribution is 7.68. The molecule has 3 heteroatoms. The van der Waals surface area contributed by atoms with E-state index in [0.717, 1.165) is 36.6 Å². The first-order valence-corrected chi connectivity index (χ1v) is 10.7. The summed E-state index contributed by atoms with van der Waals surface area (Å²) in [7, 11) is -2.96. The van der Waals surface area contributed by atoms with Crippen molar-refractivity contribution in [2.24, 2.45) is 0 Å². The SMILES string of the molecule is CC(C)c1ccccc1P(=O)(Oc1ccccc1)C1CCCCC1. The fourth-order valence-corrected chi connectivity index (χ4v) is 6.75. The van der Waals surface area contributed by atoms with Crippen LogP contribution in [-0.4, -0.2) is 5.66 Å². The molecule has 1 fully saturated rings. The minimum atomic E-state index is -2.96. The van der Waals surface area contributed by atoms with Crippen LogP contribution in [-0.2, 0) is 4.57 Å². The largest absolute Gasteiger partial charge is 0.440 e. The summed E-state index contributed by atoms with van der Waals surface area (Å²) < 4.78 is 20.5. The smallest absolute Gasteiger partial charge is 0.280 e. The first kappa shape index (κ1) is 17.3. The van der Waals surface area contributed by atoms with Crippen molar-refractivity contribution >= 4 is 12.7 Å². The van der Waals surface area contributed by atoms with Crippen molar-refractivity contribution in [1.82, 2.24) is 0 Å². The Labute approximate surface area is 145 Å². The number of benzene rings is 2. The third-order valence-electron chi connectivity index (χ3n) is 4.93. The molecule has 1 atom stereocenters. The Morgan fingerprint density at radius 1 is 0.917 bits per heavy atom. The quantitative estimate of drug-likeness (QED) is 0.611. The maximum absolute atomic E-state index is 14.2. The first-order valence-electron chi connectivity index (χ1n) is 9.05. The predicted molar refractivity (Wildman–Crippen MR) is 102 cm³/mol. The van der Waals surface area contributed by atoms with E-state index in [1.165, 1.54) is 6.42 Å². The second kappa shape index (κ2) is 7.57. The molecular weight excluding hydrogens is 315 g/mol. The average Bonchev–Trinajstić information content (AvgIpc) is 2.63. The molecule has 1 saturated carbocycles. The Morgan fingerprint density at radius 2 is 1.54 bits per heavy atom. The van der Waals surface area contributed by atoms with Gasteiger partial charge in [0.2, 0.25) is 0 Å². The summed E-state index contributed by atoms with van der Waals surface area (Å²) >= 11 is 0. The average molecular weight is 342 g/mol. The van der Waals surface area contributed by atoms with E-state index in [2.05, 4.69) is 19.9 Å². The molecule has 0 aliphatic heterocycles. The molecule has 2 nitrogen and oxygen atoms in total. The van der Waals surface area contributed by atoms with Crippen LogP contribution < -0.4 is 9.83 Å². The molecule has 3 rings (SSSR count). The fraction of sp³-hybridized carbons (Fsp3) is 0.429. The molecule has 0 aromatic heterocycles. The molecular formula is C21H27O2P. The normalized spacial score (nSPS) is 18.3.